The maximum Gasteiger partial charge on any atom is 0.633 e. The Kier molecular flexibility index (Phi) is 6.13. The molecule has 0 saturated carbocycles. The molecule has 254 valence electrons. The maximum atomic E-state index is 6.72. The zero-order valence-electron chi connectivity index (χ0n) is 30.2. The normalized spacial score (nSPS) is 16.0. The largest absolute Gasteiger partial charge is 0.633 e. The zero-order chi connectivity index (χ0) is 35.6. The second kappa shape index (κ2) is 10.7. The van der Waals surface area contributed by atoms with Crippen LogP contribution in [0.5, 0.6) is 11.5 Å². The predicted octanol–water partition coefficient (Wildman–Crippen LogP) is 11.7. The Morgan fingerprint density at radius 2 is 0.755 bits per heavy atom. The number of fused-ring (bicyclic) bond motifs is 8. The highest BCUT2D eigenvalue weighted by molar-refractivity contribution is 6.68. The Labute approximate surface area is 311 Å². The van der Waals surface area contributed by atoms with Crippen molar-refractivity contribution in [3.63, 3.8) is 0 Å². The molecule has 4 heterocycles. The van der Waals surface area contributed by atoms with E-state index in [2.05, 4.69) is 189 Å². The highest BCUT2D eigenvalue weighted by Crippen LogP contribution is 2.55. The Morgan fingerprint density at radius 1 is 0.396 bits per heavy atom. The van der Waals surface area contributed by atoms with Gasteiger partial charge in [0.15, 0.2) is 0 Å². The summed E-state index contributed by atoms with van der Waals surface area (Å²) >= 11 is 0. The Morgan fingerprint density at radius 3 is 1.13 bits per heavy atom. The first-order valence-electron chi connectivity index (χ1n) is 18.5. The summed E-state index contributed by atoms with van der Waals surface area (Å²) in [6, 6.07) is 55.0. The Hall–Kier alpha value is -6.20. The summed E-state index contributed by atoms with van der Waals surface area (Å²) in [5.41, 5.74) is 17.5. The average Bonchev–Trinajstić information content (AvgIpc) is 3.19. The number of rotatable bonds is 2. The van der Waals surface area contributed by atoms with E-state index in [1.165, 1.54) is 45.0 Å². The summed E-state index contributed by atoms with van der Waals surface area (Å²) in [6.45, 7) is 9.30. The van der Waals surface area contributed by atoms with E-state index in [-0.39, 0.29) is 10.8 Å². The molecule has 7 aromatic carbocycles. The molecular formula is C48H37BN2O2. The molecule has 11 rings (SSSR count). The molecule has 0 aromatic heterocycles. The second-order valence-electron chi connectivity index (χ2n) is 15.7. The van der Waals surface area contributed by atoms with Gasteiger partial charge in [0.25, 0.3) is 0 Å². The lowest BCUT2D eigenvalue weighted by molar-refractivity contribution is 0.436. The third kappa shape index (κ3) is 4.13. The van der Waals surface area contributed by atoms with E-state index in [0.29, 0.717) is 0 Å². The van der Waals surface area contributed by atoms with Crippen molar-refractivity contribution in [3.05, 3.63) is 174 Å². The van der Waals surface area contributed by atoms with Crippen LogP contribution in [0.4, 0.5) is 34.1 Å². The molecule has 0 spiro atoms. The first-order chi connectivity index (χ1) is 25.8. The summed E-state index contributed by atoms with van der Waals surface area (Å²) in [6.07, 6.45) is 0. The van der Waals surface area contributed by atoms with Crippen LogP contribution in [0.15, 0.2) is 152 Å². The first-order valence-corrected chi connectivity index (χ1v) is 18.5. The van der Waals surface area contributed by atoms with Crippen molar-refractivity contribution >= 4 is 46.7 Å². The van der Waals surface area contributed by atoms with Crippen molar-refractivity contribution in [1.29, 1.82) is 0 Å². The van der Waals surface area contributed by atoms with Crippen LogP contribution in [-0.4, -0.2) is 7.12 Å². The number of anilines is 6. The van der Waals surface area contributed by atoms with Crippen molar-refractivity contribution in [2.75, 3.05) is 9.80 Å². The molecule has 53 heavy (non-hydrogen) atoms. The van der Waals surface area contributed by atoms with Gasteiger partial charge in [0, 0.05) is 38.8 Å². The highest BCUT2D eigenvalue weighted by Gasteiger charge is 2.43. The van der Waals surface area contributed by atoms with E-state index in [4.69, 9.17) is 9.31 Å². The van der Waals surface area contributed by atoms with Crippen LogP contribution in [-0.2, 0) is 10.8 Å². The number of nitrogens with zero attached hydrogens (tertiary/aromatic N) is 2. The summed E-state index contributed by atoms with van der Waals surface area (Å²) < 4.78 is 13.4. The quantitative estimate of drug-likeness (QED) is 0.169. The van der Waals surface area contributed by atoms with Crippen molar-refractivity contribution < 1.29 is 9.31 Å². The van der Waals surface area contributed by atoms with Crippen LogP contribution < -0.4 is 24.6 Å². The summed E-state index contributed by atoms with van der Waals surface area (Å²) in [7, 11) is -0.535. The van der Waals surface area contributed by atoms with Crippen LogP contribution in [0.25, 0.3) is 22.3 Å². The van der Waals surface area contributed by atoms with Gasteiger partial charge < -0.3 is 19.1 Å². The van der Waals surface area contributed by atoms with Crippen LogP contribution >= 0.6 is 0 Å². The summed E-state index contributed by atoms with van der Waals surface area (Å²) in [5.74, 6) is 1.65. The van der Waals surface area contributed by atoms with E-state index in [0.717, 1.165) is 50.6 Å². The second-order valence-corrected chi connectivity index (χ2v) is 15.7. The van der Waals surface area contributed by atoms with Gasteiger partial charge in [-0.2, -0.15) is 0 Å². The van der Waals surface area contributed by atoms with Crippen LogP contribution in [0, 0.1) is 0 Å². The average molecular weight is 685 g/mol. The van der Waals surface area contributed by atoms with Crippen LogP contribution in [0.3, 0.4) is 0 Å². The van der Waals surface area contributed by atoms with Gasteiger partial charge in [-0.15, -0.1) is 0 Å². The summed E-state index contributed by atoms with van der Waals surface area (Å²) in [4.78, 5) is 4.82. The lowest BCUT2D eigenvalue weighted by atomic mass is 9.66. The third-order valence-electron chi connectivity index (χ3n) is 12.1. The van der Waals surface area contributed by atoms with Gasteiger partial charge >= 0.3 is 7.12 Å². The summed E-state index contributed by atoms with van der Waals surface area (Å²) in [5, 5.41) is 0. The number of benzene rings is 7. The van der Waals surface area contributed by atoms with E-state index >= 15 is 0 Å². The van der Waals surface area contributed by atoms with Gasteiger partial charge in [-0.3, -0.25) is 0 Å². The number of hydrogen-bond donors (Lipinski definition) is 0. The molecule has 0 atom stereocenters. The molecule has 0 saturated heterocycles. The standard InChI is InChI=1S/C48H37BN2O2/c1-47(2)36-16-5-9-20-40(36)50(41-21-10-6-17-37(41)47)30-24-26-44-34(28-30)32-14-13-15-33-35-29-31(25-27-45(35)53-49(52-44)46(32)33)51-42-22-11-7-18-38(42)48(3,4)39-19-8-12-23-43(39)51/h5-29H,1-4H3. The lowest BCUT2D eigenvalue weighted by Gasteiger charge is -2.42. The molecule has 0 aliphatic carbocycles. The van der Waals surface area contributed by atoms with E-state index in [1.54, 1.807) is 0 Å². The minimum Gasteiger partial charge on any atom is -0.521 e. The zero-order valence-corrected chi connectivity index (χ0v) is 30.2. The van der Waals surface area contributed by atoms with E-state index in [1.807, 2.05) is 0 Å². The number of hydrogen-bond acceptors (Lipinski definition) is 4. The fourth-order valence-electron chi connectivity index (χ4n) is 9.50. The monoisotopic (exact) mass is 684 g/mol. The minimum absolute atomic E-state index is 0.120. The molecule has 0 N–H and O–H groups in total. The number of para-hydroxylation sites is 4. The maximum absolute atomic E-state index is 6.72. The lowest BCUT2D eigenvalue weighted by Crippen LogP contribution is -2.49. The topological polar surface area (TPSA) is 24.9 Å². The van der Waals surface area contributed by atoms with Crippen molar-refractivity contribution in [2.24, 2.45) is 0 Å². The molecule has 0 bridgehead atoms. The molecular weight excluding hydrogens is 647 g/mol. The third-order valence-corrected chi connectivity index (χ3v) is 12.1. The fourth-order valence-corrected chi connectivity index (χ4v) is 9.50. The van der Waals surface area contributed by atoms with Gasteiger partial charge in [-0.05, 0) is 94.0 Å². The van der Waals surface area contributed by atoms with Gasteiger partial charge in [0.1, 0.15) is 11.5 Å². The van der Waals surface area contributed by atoms with Crippen LogP contribution in [0.1, 0.15) is 49.9 Å². The van der Waals surface area contributed by atoms with Crippen LogP contribution in [0.2, 0.25) is 0 Å². The molecule has 5 heteroatoms. The Bertz CT molecular complexity index is 2400. The molecule has 7 aromatic rings. The molecule has 0 amide bonds. The predicted molar refractivity (Wildman–Crippen MR) is 218 cm³/mol. The SMILES string of the molecule is CC1(C)c2ccccc2N(c2ccc3c(c2)-c2cccc4c2B(O3)Oc2ccc(N3c5ccccc5C(C)(C)c5ccccc53)cc2-4)c2ccccc21. The molecule has 4 aliphatic heterocycles. The van der Waals surface area contributed by atoms with Gasteiger partial charge in [0.05, 0.1) is 22.7 Å². The van der Waals surface area contributed by atoms with Crippen molar-refractivity contribution in [2.45, 2.75) is 38.5 Å². The molecule has 0 unspecified atom stereocenters. The Balaban J connectivity index is 1.06. The van der Waals surface area contributed by atoms with E-state index in [9.17, 15) is 0 Å². The van der Waals surface area contributed by atoms with Gasteiger partial charge in [0.2, 0.25) is 0 Å². The van der Waals surface area contributed by atoms with Crippen molar-refractivity contribution in [3.8, 4) is 33.8 Å². The molecule has 4 aliphatic rings. The molecule has 0 fully saturated rings. The highest BCUT2D eigenvalue weighted by atomic mass is 16.6. The molecule has 4 nitrogen and oxygen atoms in total. The smallest absolute Gasteiger partial charge is 0.521 e. The molecule has 0 radical (unpaired) electrons. The van der Waals surface area contributed by atoms with Gasteiger partial charge in [-0.25, -0.2) is 0 Å². The van der Waals surface area contributed by atoms with Gasteiger partial charge in [-0.1, -0.05) is 119 Å². The first kappa shape index (κ1) is 30.4. The minimum atomic E-state index is -0.535. The fraction of sp³-hybridized carbons (Fsp3) is 0.125. The van der Waals surface area contributed by atoms with Crippen molar-refractivity contribution in [1.82, 2.24) is 0 Å². The van der Waals surface area contributed by atoms with E-state index < -0.39 is 7.12 Å².